The molecule has 0 saturated carbocycles. The van der Waals surface area contributed by atoms with Gasteiger partial charge in [-0.05, 0) is 0 Å². The van der Waals surface area contributed by atoms with Crippen LogP contribution in [0.5, 0.6) is 0 Å². The van der Waals surface area contributed by atoms with Gasteiger partial charge < -0.3 is 0 Å². The molecule has 0 amide bonds. The number of rotatable bonds is 15. The minimum absolute atomic E-state index is 0.239. The summed E-state index contributed by atoms with van der Waals surface area (Å²) in [5, 5.41) is 0.297. The molecule has 0 aliphatic rings. The fourth-order valence-electron chi connectivity index (χ4n) is 4.22. The molecule has 1 rings (SSSR count). The summed E-state index contributed by atoms with van der Waals surface area (Å²) in [6.45, 7) is 18.7. The van der Waals surface area contributed by atoms with E-state index >= 15 is 0 Å². The van der Waals surface area contributed by atoms with Crippen molar-refractivity contribution in [1.29, 1.82) is 0 Å². The van der Waals surface area contributed by atoms with Crippen LogP contribution in [0.3, 0.4) is 0 Å². The van der Waals surface area contributed by atoms with Crippen LogP contribution in [-0.2, 0) is 10.8 Å². The first kappa shape index (κ1) is 29.0. The van der Waals surface area contributed by atoms with Crippen LogP contribution < -0.4 is 0 Å². The number of hydrogen-bond donors (Lipinski definition) is 0. The molecule has 0 spiro atoms. The van der Waals surface area contributed by atoms with E-state index in [1.807, 2.05) is 0 Å². The van der Waals surface area contributed by atoms with E-state index < -0.39 is 27.4 Å². The van der Waals surface area contributed by atoms with Gasteiger partial charge >= 0.3 is 202 Å². The Balaban J connectivity index is 3.17. The standard InChI is InChI=1S/C16H25OSi.3C4H9.Sn/c1-7-15(17-18(6)16(3,4)5)12-14-10-8-9-13(2)11-14;3*1-3-4-2;/h1,7-11,15,18H,12H2,2-6H3;3*1,3-4H2,2H3;. The molecule has 0 aliphatic heterocycles. The molecule has 0 bridgehead atoms. The maximum atomic E-state index is 6.85. The Labute approximate surface area is 201 Å². The predicted octanol–water partition coefficient (Wildman–Crippen LogP) is 9.02. The SMILES string of the molecule is CCC[CH2][Sn](/[CH]=C/C(Cc1cccc(C)c1)O[SiH](C)C(C)(C)C)([CH2]CCC)[CH2]CCC. The molecule has 3 heteroatoms. The molecule has 2 atom stereocenters. The first-order valence-electron chi connectivity index (χ1n) is 13.1. The Morgan fingerprint density at radius 1 is 0.968 bits per heavy atom. The second-order valence-electron chi connectivity index (χ2n) is 10.9. The van der Waals surface area contributed by atoms with E-state index in [1.165, 1.54) is 63.0 Å². The van der Waals surface area contributed by atoms with Gasteiger partial charge in [0, 0.05) is 0 Å². The molecule has 0 aromatic heterocycles. The summed E-state index contributed by atoms with van der Waals surface area (Å²) in [5.74, 6) is 0. The third kappa shape index (κ3) is 11.6. The monoisotopic (exact) mass is 552 g/mol. The normalized spacial score (nSPS) is 14.8. The molecule has 2 unspecified atom stereocenters. The molecule has 31 heavy (non-hydrogen) atoms. The van der Waals surface area contributed by atoms with E-state index in [-0.39, 0.29) is 6.10 Å². The Kier molecular flexibility index (Phi) is 14.0. The molecule has 0 radical (unpaired) electrons. The van der Waals surface area contributed by atoms with Crippen molar-refractivity contribution >= 4 is 27.4 Å². The summed E-state index contributed by atoms with van der Waals surface area (Å²) < 4.78 is 14.3. The van der Waals surface area contributed by atoms with E-state index in [4.69, 9.17) is 4.43 Å². The fourth-order valence-corrected chi connectivity index (χ4v) is 19.7. The minimum atomic E-state index is -2.28. The summed E-state index contributed by atoms with van der Waals surface area (Å²) in [5.41, 5.74) is 2.77. The molecule has 1 aromatic rings. The van der Waals surface area contributed by atoms with Crippen molar-refractivity contribution in [1.82, 2.24) is 0 Å². The van der Waals surface area contributed by atoms with Crippen molar-refractivity contribution in [3.05, 3.63) is 45.6 Å². The third-order valence-corrected chi connectivity index (χ3v) is 24.2. The first-order valence-corrected chi connectivity index (χ1v) is 23.0. The van der Waals surface area contributed by atoms with Crippen LogP contribution in [0.2, 0.25) is 24.9 Å². The van der Waals surface area contributed by atoms with Gasteiger partial charge in [-0.1, -0.05) is 0 Å². The van der Waals surface area contributed by atoms with Gasteiger partial charge in [0.15, 0.2) is 0 Å². The summed E-state index contributed by atoms with van der Waals surface area (Å²) in [6.07, 6.45) is 12.1. The first-order chi connectivity index (χ1) is 14.7. The summed E-state index contributed by atoms with van der Waals surface area (Å²) in [6, 6.07) is 9.02. The van der Waals surface area contributed by atoms with Gasteiger partial charge in [0.05, 0.1) is 0 Å². The van der Waals surface area contributed by atoms with E-state index in [9.17, 15) is 0 Å². The number of aryl methyl sites for hydroxylation is 1. The van der Waals surface area contributed by atoms with E-state index in [1.54, 1.807) is 0 Å². The van der Waals surface area contributed by atoms with E-state index in [2.05, 4.69) is 89.4 Å². The Bertz CT molecular complexity index is 612. The number of hydrogen-bond acceptors (Lipinski definition) is 1. The average Bonchev–Trinajstić information content (AvgIpc) is 2.72. The van der Waals surface area contributed by atoms with Crippen LogP contribution in [-0.4, -0.2) is 33.5 Å². The van der Waals surface area contributed by atoms with Gasteiger partial charge in [0.1, 0.15) is 0 Å². The van der Waals surface area contributed by atoms with Crippen LogP contribution in [0.4, 0.5) is 0 Å². The molecule has 0 N–H and O–H groups in total. The molecule has 1 nitrogen and oxygen atoms in total. The molecule has 0 heterocycles. The molecule has 0 saturated heterocycles. The van der Waals surface area contributed by atoms with Crippen LogP contribution in [0, 0.1) is 6.92 Å². The van der Waals surface area contributed by atoms with E-state index in [0.29, 0.717) is 5.04 Å². The molecular weight excluding hydrogens is 499 g/mol. The van der Waals surface area contributed by atoms with Crippen molar-refractivity contribution in [2.75, 3.05) is 0 Å². The van der Waals surface area contributed by atoms with Gasteiger partial charge in [-0.3, -0.25) is 0 Å². The van der Waals surface area contributed by atoms with Gasteiger partial charge in [0.25, 0.3) is 0 Å². The van der Waals surface area contributed by atoms with Crippen LogP contribution in [0.15, 0.2) is 34.4 Å². The zero-order chi connectivity index (χ0) is 23.3. The Morgan fingerprint density at radius 2 is 1.52 bits per heavy atom. The molecular formula is C28H52OSiSn. The molecule has 1 aromatic carbocycles. The van der Waals surface area contributed by atoms with Gasteiger partial charge in [-0.2, -0.15) is 0 Å². The van der Waals surface area contributed by atoms with Gasteiger partial charge in [0.2, 0.25) is 0 Å². The second-order valence-corrected chi connectivity index (χ2v) is 27.2. The van der Waals surface area contributed by atoms with Crippen molar-refractivity contribution in [2.24, 2.45) is 0 Å². The quantitative estimate of drug-likeness (QED) is 0.198. The van der Waals surface area contributed by atoms with Crippen LogP contribution >= 0.6 is 0 Å². The van der Waals surface area contributed by atoms with Gasteiger partial charge in [-0.25, -0.2) is 0 Å². The average molecular weight is 552 g/mol. The number of unbranched alkanes of at least 4 members (excludes halogenated alkanes) is 3. The third-order valence-electron chi connectivity index (χ3n) is 6.87. The zero-order valence-electron chi connectivity index (χ0n) is 22.1. The molecule has 178 valence electrons. The topological polar surface area (TPSA) is 9.23 Å². The van der Waals surface area contributed by atoms with Crippen molar-refractivity contribution in [3.63, 3.8) is 0 Å². The van der Waals surface area contributed by atoms with E-state index in [0.717, 1.165) is 6.42 Å². The van der Waals surface area contributed by atoms with Crippen molar-refractivity contribution < 1.29 is 4.43 Å². The maximum absolute atomic E-state index is 6.85. The Morgan fingerprint density at radius 3 is 1.97 bits per heavy atom. The Hall–Kier alpha value is -0.0644. The van der Waals surface area contributed by atoms with Crippen molar-refractivity contribution in [2.45, 2.75) is 124 Å². The van der Waals surface area contributed by atoms with Crippen LogP contribution in [0.1, 0.15) is 91.2 Å². The second kappa shape index (κ2) is 15.0. The van der Waals surface area contributed by atoms with Crippen LogP contribution in [0.25, 0.3) is 0 Å². The summed E-state index contributed by atoms with van der Waals surface area (Å²) >= 11 is -2.28. The fraction of sp³-hybridized carbons (Fsp3) is 0.714. The molecule has 0 aliphatic carbocycles. The molecule has 0 fully saturated rings. The summed E-state index contributed by atoms with van der Waals surface area (Å²) in [4.78, 5) is 0. The predicted molar refractivity (Wildman–Crippen MR) is 147 cm³/mol. The summed E-state index contributed by atoms with van der Waals surface area (Å²) in [7, 11) is -1.28. The van der Waals surface area contributed by atoms with Crippen molar-refractivity contribution in [3.8, 4) is 0 Å². The number of benzene rings is 1. The zero-order valence-corrected chi connectivity index (χ0v) is 26.1. The van der Waals surface area contributed by atoms with Gasteiger partial charge in [-0.15, -0.1) is 0 Å².